The van der Waals surface area contributed by atoms with Gasteiger partial charge in [0.25, 0.3) is 0 Å². The van der Waals surface area contributed by atoms with Crippen LogP contribution in [0.1, 0.15) is 10.5 Å². The third-order valence-corrected chi connectivity index (χ3v) is 1.46. The molecular formula is C7H7N3O4. The van der Waals surface area contributed by atoms with Crippen LogP contribution in [0.4, 0.5) is 5.69 Å². The fourth-order valence-corrected chi connectivity index (χ4v) is 0.923. The van der Waals surface area contributed by atoms with Gasteiger partial charge in [0.2, 0.25) is 5.69 Å². The highest BCUT2D eigenvalue weighted by Crippen LogP contribution is 2.16. The minimum atomic E-state index is -1.42. The summed E-state index contributed by atoms with van der Waals surface area (Å²) in [6, 6.07) is 0. The summed E-state index contributed by atoms with van der Waals surface area (Å²) >= 11 is 0. The first-order valence-corrected chi connectivity index (χ1v) is 3.62. The maximum Gasteiger partial charge on any atom is 0.363 e. The predicted molar refractivity (Wildman–Crippen MR) is 46.0 cm³/mol. The number of carbonyl (C=O) groups is 1. The highest BCUT2D eigenvalue weighted by atomic mass is 16.6. The van der Waals surface area contributed by atoms with E-state index in [0.29, 0.717) is 0 Å². The van der Waals surface area contributed by atoms with E-state index in [4.69, 9.17) is 5.11 Å². The molecule has 0 fully saturated rings. The number of hydrogen-bond acceptors (Lipinski definition) is 4. The molecule has 14 heavy (non-hydrogen) atoms. The van der Waals surface area contributed by atoms with Crippen molar-refractivity contribution in [2.45, 2.75) is 6.54 Å². The largest absolute Gasteiger partial charge is 0.476 e. The van der Waals surface area contributed by atoms with E-state index in [2.05, 4.69) is 11.7 Å². The summed E-state index contributed by atoms with van der Waals surface area (Å²) in [5.74, 6) is -1.42. The molecule has 0 aliphatic carbocycles. The van der Waals surface area contributed by atoms with E-state index in [9.17, 15) is 14.9 Å². The van der Waals surface area contributed by atoms with Crippen LogP contribution in [0.2, 0.25) is 0 Å². The Morgan fingerprint density at radius 1 is 1.86 bits per heavy atom. The smallest absolute Gasteiger partial charge is 0.363 e. The lowest BCUT2D eigenvalue weighted by atomic mass is 10.4. The van der Waals surface area contributed by atoms with Crippen molar-refractivity contribution < 1.29 is 14.8 Å². The molecule has 0 atom stereocenters. The summed E-state index contributed by atoms with van der Waals surface area (Å²) < 4.78 is 1.15. The minimum Gasteiger partial charge on any atom is -0.476 e. The van der Waals surface area contributed by atoms with Crippen LogP contribution in [0.25, 0.3) is 0 Å². The lowest BCUT2D eigenvalue weighted by Gasteiger charge is -1.89. The molecule has 1 aromatic heterocycles. The van der Waals surface area contributed by atoms with Gasteiger partial charge >= 0.3 is 11.7 Å². The van der Waals surface area contributed by atoms with Crippen molar-refractivity contribution in [2.75, 3.05) is 0 Å². The number of nitro groups is 1. The van der Waals surface area contributed by atoms with Crippen molar-refractivity contribution in [3.8, 4) is 0 Å². The summed E-state index contributed by atoms with van der Waals surface area (Å²) in [6.07, 6.45) is 2.52. The SMILES string of the molecule is C=CCn1cc([N+](=O)[O-])c(C(=O)O)n1. The second-order valence-corrected chi connectivity index (χ2v) is 2.44. The zero-order valence-electron chi connectivity index (χ0n) is 7.08. The Morgan fingerprint density at radius 3 is 2.86 bits per heavy atom. The number of rotatable bonds is 4. The Balaban J connectivity index is 3.18. The fraction of sp³-hybridized carbons (Fsp3) is 0.143. The Morgan fingerprint density at radius 2 is 2.50 bits per heavy atom. The molecule has 0 saturated heterocycles. The molecule has 0 bridgehead atoms. The van der Waals surface area contributed by atoms with Crippen LogP contribution in [0.15, 0.2) is 18.9 Å². The second kappa shape index (κ2) is 3.69. The third-order valence-electron chi connectivity index (χ3n) is 1.46. The van der Waals surface area contributed by atoms with Crippen LogP contribution in [0, 0.1) is 10.1 Å². The summed E-state index contributed by atoms with van der Waals surface area (Å²) in [5, 5.41) is 22.5. The highest BCUT2D eigenvalue weighted by Gasteiger charge is 2.24. The third kappa shape index (κ3) is 1.76. The molecule has 0 spiro atoms. The van der Waals surface area contributed by atoms with Gasteiger partial charge < -0.3 is 5.11 Å². The molecule has 1 rings (SSSR count). The van der Waals surface area contributed by atoms with Crippen molar-refractivity contribution in [2.24, 2.45) is 0 Å². The van der Waals surface area contributed by atoms with Crippen LogP contribution in [0.3, 0.4) is 0 Å². The maximum absolute atomic E-state index is 10.5. The van der Waals surface area contributed by atoms with Crippen LogP contribution >= 0.6 is 0 Å². The zero-order valence-corrected chi connectivity index (χ0v) is 7.08. The molecule has 1 N–H and O–H groups in total. The first kappa shape index (κ1) is 9.90. The van der Waals surface area contributed by atoms with Crippen molar-refractivity contribution >= 4 is 11.7 Å². The molecule has 74 valence electrons. The van der Waals surface area contributed by atoms with Crippen molar-refractivity contribution in [1.29, 1.82) is 0 Å². The summed E-state index contributed by atoms with van der Waals surface area (Å²) in [4.78, 5) is 20.2. The van der Waals surface area contributed by atoms with Crippen molar-refractivity contribution in [3.63, 3.8) is 0 Å². The number of carboxylic acid groups (broad SMARTS) is 1. The lowest BCUT2D eigenvalue weighted by molar-refractivity contribution is -0.385. The molecule has 7 heteroatoms. The first-order valence-electron chi connectivity index (χ1n) is 3.62. The number of carboxylic acids is 1. The normalized spacial score (nSPS) is 9.71. The molecular weight excluding hydrogens is 190 g/mol. The highest BCUT2D eigenvalue weighted by molar-refractivity contribution is 5.89. The summed E-state index contributed by atoms with van der Waals surface area (Å²) in [7, 11) is 0. The lowest BCUT2D eigenvalue weighted by Crippen LogP contribution is -2.03. The standard InChI is InChI=1S/C7H7N3O4/c1-2-3-9-4-5(10(13)14)6(8-9)7(11)12/h2,4H,1,3H2,(H,11,12). The summed E-state index contributed by atoms with van der Waals surface area (Å²) in [5.41, 5.74) is -1.07. The van der Waals surface area contributed by atoms with Gasteiger partial charge in [0.1, 0.15) is 6.20 Å². The Labute approximate surface area is 78.4 Å². The molecule has 0 unspecified atom stereocenters. The van der Waals surface area contributed by atoms with Crippen LogP contribution in [-0.4, -0.2) is 25.8 Å². The van der Waals surface area contributed by atoms with Gasteiger partial charge in [-0.25, -0.2) is 4.79 Å². The molecule has 0 amide bonds. The number of hydrogen-bond donors (Lipinski definition) is 1. The molecule has 7 nitrogen and oxygen atoms in total. The number of nitrogens with zero attached hydrogens (tertiary/aromatic N) is 3. The second-order valence-electron chi connectivity index (χ2n) is 2.44. The van der Waals surface area contributed by atoms with Crippen molar-refractivity contribution in [1.82, 2.24) is 9.78 Å². The van der Waals surface area contributed by atoms with Gasteiger partial charge in [-0.3, -0.25) is 14.8 Å². The maximum atomic E-state index is 10.5. The van der Waals surface area contributed by atoms with Gasteiger partial charge in [-0.1, -0.05) is 6.08 Å². The topological polar surface area (TPSA) is 98.3 Å². The molecule has 1 heterocycles. The minimum absolute atomic E-state index is 0.230. The molecule has 0 aliphatic heterocycles. The van der Waals surface area contributed by atoms with Crippen LogP contribution < -0.4 is 0 Å². The molecule has 1 aromatic rings. The average Bonchev–Trinajstić information content (AvgIpc) is 2.49. The van der Waals surface area contributed by atoms with Crippen molar-refractivity contribution in [3.05, 3.63) is 34.7 Å². The number of aromatic nitrogens is 2. The number of allylic oxidation sites excluding steroid dienone is 1. The van der Waals surface area contributed by atoms with Crippen LogP contribution in [0.5, 0.6) is 0 Å². The summed E-state index contributed by atoms with van der Waals surface area (Å²) in [6.45, 7) is 3.64. The molecule has 0 aromatic carbocycles. The quantitative estimate of drug-likeness (QED) is 0.434. The van der Waals surface area contributed by atoms with Gasteiger partial charge in [0, 0.05) is 0 Å². The van der Waals surface area contributed by atoms with E-state index in [-0.39, 0.29) is 6.54 Å². The fourth-order valence-electron chi connectivity index (χ4n) is 0.923. The molecule has 0 radical (unpaired) electrons. The zero-order chi connectivity index (χ0) is 10.7. The van der Waals surface area contributed by atoms with E-state index in [1.165, 1.54) is 6.08 Å². The van der Waals surface area contributed by atoms with Gasteiger partial charge in [-0.15, -0.1) is 6.58 Å². The molecule has 0 saturated carbocycles. The Kier molecular flexibility index (Phi) is 2.61. The van der Waals surface area contributed by atoms with Gasteiger partial charge in [-0.2, -0.15) is 5.10 Å². The average molecular weight is 197 g/mol. The van der Waals surface area contributed by atoms with E-state index in [1.807, 2.05) is 0 Å². The Bertz CT molecular complexity index is 364. The van der Waals surface area contributed by atoms with Gasteiger partial charge in [-0.05, 0) is 0 Å². The van der Waals surface area contributed by atoms with E-state index >= 15 is 0 Å². The van der Waals surface area contributed by atoms with E-state index in [1.54, 1.807) is 0 Å². The number of aromatic carboxylic acids is 1. The van der Waals surface area contributed by atoms with E-state index < -0.39 is 22.3 Å². The first-order chi connectivity index (χ1) is 6.56. The van der Waals surface area contributed by atoms with Gasteiger partial charge in [0.05, 0.1) is 11.5 Å². The predicted octanol–water partition coefficient (Wildman–Crippen LogP) is 0.675. The van der Waals surface area contributed by atoms with E-state index in [0.717, 1.165) is 10.9 Å². The van der Waals surface area contributed by atoms with Crippen LogP contribution in [-0.2, 0) is 6.54 Å². The Hall–Kier alpha value is -2.18. The monoisotopic (exact) mass is 197 g/mol. The van der Waals surface area contributed by atoms with Gasteiger partial charge in [0.15, 0.2) is 0 Å². The molecule has 0 aliphatic rings.